The highest BCUT2D eigenvalue weighted by molar-refractivity contribution is 5.73. The standard InChI is InChI=1S/C10H12N4O/c1-3-14-7-11-5-9(14)10-12-4-8(6-15)13(10)2/h4-7H,3H2,1-2H3. The molecule has 0 saturated heterocycles. The summed E-state index contributed by atoms with van der Waals surface area (Å²) in [6.45, 7) is 2.87. The number of nitrogens with zero attached hydrogens (tertiary/aromatic N) is 4. The number of aromatic nitrogens is 4. The molecule has 0 aliphatic carbocycles. The summed E-state index contributed by atoms with van der Waals surface area (Å²) >= 11 is 0. The van der Waals surface area contributed by atoms with Gasteiger partial charge in [0.15, 0.2) is 12.1 Å². The molecular weight excluding hydrogens is 192 g/mol. The molecule has 5 heteroatoms. The number of rotatable bonds is 3. The highest BCUT2D eigenvalue weighted by Crippen LogP contribution is 2.17. The van der Waals surface area contributed by atoms with Crippen molar-refractivity contribution in [2.24, 2.45) is 7.05 Å². The van der Waals surface area contributed by atoms with Crippen molar-refractivity contribution in [1.29, 1.82) is 0 Å². The van der Waals surface area contributed by atoms with Gasteiger partial charge in [-0.1, -0.05) is 0 Å². The maximum Gasteiger partial charge on any atom is 0.168 e. The third-order valence-corrected chi connectivity index (χ3v) is 2.43. The Labute approximate surface area is 87.4 Å². The molecule has 78 valence electrons. The lowest BCUT2D eigenvalue weighted by atomic mass is 10.4. The number of aryl methyl sites for hydroxylation is 1. The van der Waals surface area contributed by atoms with Gasteiger partial charge in [-0.2, -0.15) is 0 Å². The number of carbonyl (C=O) groups is 1. The van der Waals surface area contributed by atoms with Gasteiger partial charge in [0, 0.05) is 13.6 Å². The van der Waals surface area contributed by atoms with Crippen molar-refractivity contribution in [3.05, 3.63) is 24.4 Å². The second-order valence-corrected chi connectivity index (χ2v) is 3.25. The van der Waals surface area contributed by atoms with Gasteiger partial charge in [-0.3, -0.25) is 4.79 Å². The molecule has 0 radical (unpaired) electrons. The second-order valence-electron chi connectivity index (χ2n) is 3.25. The third kappa shape index (κ3) is 1.45. The van der Waals surface area contributed by atoms with E-state index >= 15 is 0 Å². The molecule has 2 rings (SSSR count). The Morgan fingerprint density at radius 2 is 2.27 bits per heavy atom. The summed E-state index contributed by atoms with van der Waals surface area (Å²) < 4.78 is 3.74. The molecule has 0 bridgehead atoms. The van der Waals surface area contributed by atoms with Crippen LogP contribution < -0.4 is 0 Å². The molecule has 0 saturated carbocycles. The predicted octanol–water partition coefficient (Wildman–Crippen LogP) is 1.12. The van der Waals surface area contributed by atoms with Crippen LogP contribution in [0.1, 0.15) is 17.4 Å². The van der Waals surface area contributed by atoms with Crippen LogP contribution in [0.4, 0.5) is 0 Å². The molecule has 15 heavy (non-hydrogen) atoms. The first-order valence-electron chi connectivity index (χ1n) is 4.75. The zero-order chi connectivity index (χ0) is 10.8. The molecule has 0 unspecified atom stereocenters. The van der Waals surface area contributed by atoms with Crippen molar-refractivity contribution in [3.63, 3.8) is 0 Å². The first kappa shape index (κ1) is 9.64. The predicted molar refractivity (Wildman–Crippen MR) is 55.5 cm³/mol. The molecule has 0 fully saturated rings. The summed E-state index contributed by atoms with van der Waals surface area (Å²) in [5.41, 5.74) is 1.49. The number of hydrogen-bond acceptors (Lipinski definition) is 3. The molecular formula is C10H12N4O. The zero-order valence-corrected chi connectivity index (χ0v) is 8.71. The SMILES string of the molecule is CCn1cncc1-c1ncc(C=O)n1C. The van der Waals surface area contributed by atoms with Gasteiger partial charge in [-0.05, 0) is 6.92 Å². The van der Waals surface area contributed by atoms with Gasteiger partial charge in [-0.15, -0.1) is 0 Å². The maximum atomic E-state index is 10.7. The molecule has 2 aromatic heterocycles. The smallest absolute Gasteiger partial charge is 0.168 e. The molecule has 0 aliphatic rings. The minimum Gasteiger partial charge on any atom is -0.328 e. The van der Waals surface area contributed by atoms with Gasteiger partial charge in [0.1, 0.15) is 11.4 Å². The van der Waals surface area contributed by atoms with E-state index in [0.29, 0.717) is 5.69 Å². The van der Waals surface area contributed by atoms with Crippen molar-refractivity contribution in [2.45, 2.75) is 13.5 Å². The van der Waals surface area contributed by atoms with E-state index in [2.05, 4.69) is 9.97 Å². The van der Waals surface area contributed by atoms with Crippen LogP contribution in [-0.4, -0.2) is 25.4 Å². The minimum atomic E-state index is 0.564. The number of hydrogen-bond donors (Lipinski definition) is 0. The van der Waals surface area contributed by atoms with Crippen LogP contribution in [0.3, 0.4) is 0 Å². The molecule has 0 spiro atoms. The summed E-state index contributed by atoms with van der Waals surface area (Å²) in [6, 6.07) is 0. The molecule has 2 aromatic rings. The van der Waals surface area contributed by atoms with E-state index in [4.69, 9.17) is 0 Å². The first-order valence-corrected chi connectivity index (χ1v) is 4.75. The first-order chi connectivity index (χ1) is 7.27. The van der Waals surface area contributed by atoms with Crippen molar-refractivity contribution in [3.8, 4) is 11.5 Å². The summed E-state index contributed by atoms with van der Waals surface area (Å²) in [7, 11) is 1.82. The van der Waals surface area contributed by atoms with Crippen molar-refractivity contribution in [1.82, 2.24) is 19.1 Å². The van der Waals surface area contributed by atoms with Crippen LogP contribution >= 0.6 is 0 Å². The van der Waals surface area contributed by atoms with Crippen LogP contribution in [-0.2, 0) is 13.6 Å². The molecule has 0 amide bonds. The van der Waals surface area contributed by atoms with E-state index in [0.717, 1.165) is 24.3 Å². The summed E-state index contributed by atoms with van der Waals surface area (Å²) in [6.07, 6.45) is 5.86. The fourth-order valence-corrected chi connectivity index (χ4v) is 1.53. The zero-order valence-electron chi connectivity index (χ0n) is 8.71. The maximum absolute atomic E-state index is 10.7. The Morgan fingerprint density at radius 1 is 1.47 bits per heavy atom. The highest BCUT2D eigenvalue weighted by Gasteiger charge is 2.11. The highest BCUT2D eigenvalue weighted by atomic mass is 16.1. The van der Waals surface area contributed by atoms with Crippen LogP contribution in [0.2, 0.25) is 0 Å². The fourth-order valence-electron chi connectivity index (χ4n) is 1.53. The Hall–Kier alpha value is -1.91. The summed E-state index contributed by atoms with van der Waals surface area (Å²) in [4.78, 5) is 19.0. The van der Waals surface area contributed by atoms with Crippen molar-refractivity contribution in [2.75, 3.05) is 0 Å². The lowest BCUT2D eigenvalue weighted by Crippen LogP contribution is -2.02. The van der Waals surface area contributed by atoms with Gasteiger partial charge in [0.05, 0.1) is 18.7 Å². The van der Waals surface area contributed by atoms with E-state index in [1.165, 1.54) is 0 Å². The Morgan fingerprint density at radius 3 is 2.87 bits per heavy atom. The van der Waals surface area contributed by atoms with Crippen LogP contribution in [0.5, 0.6) is 0 Å². The molecule has 0 N–H and O–H groups in total. The van der Waals surface area contributed by atoms with E-state index in [9.17, 15) is 4.79 Å². The van der Waals surface area contributed by atoms with Crippen molar-refractivity contribution < 1.29 is 4.79 Å². The Balaban J connectivity index is 2.54. The van der Waals surface area contributed by atoms with Crippen LogP contribution in [0.15, 0.2) is 18.7 Å². The second kappa shape index (κ2) is 3.68. The Kier molecular flexibility index (Phi) is 2.37. The normalized spacial score (nSPS) is 10.5. The lowest BCUT2D eigenvalue weighted by molar-refractivity contribution is 0.111. The van der Waals surface area contributed by atoms with E-state index in [1.807, 2.05) is 18.5 Å². The molecule has 0 aliphatic heterocycles. The molecule has 2 heterocycles. The van der Waals surface area contributed by atoms with Gasteiger partial charge >= 0.3 is 0 Å². The average molecular weight is 204 g/mol. The molecule has 0 atom stereocenters. The number of imidazole rings is 2. The molecule has 0 aromatic carbocycles. The summed E-state index contributed by atoms with van der Waals surface area (Å²) in [5.74, 6) is 0.761. The summed E-state index contributed by atoms with van der Waals surface area (Å²) in [5, 5.41) is 0. The Bertz CT molecular complexity index is 483. The van der Waals surface area contributed by atoms with Gasteiger partial charge in [-0.25, -0.2) is 9.97 Å². The quantitative estimate of drug-likeness (QED) is 0.704. The van der Waals surface area contributed by atoms with E-state index in [-0.39, 0.29) is 0 Å². The third-order valence-electron chi connectivity index (χ3n) is 2.43. The average Bonchev–Trinajstić information content (AvgIpc) is 2.83. The lowest BCUT2D eigenvalue weighted by Gasteiger charge is -2.05. The van der Waals surface area contributed by atoms with Gasteiger partial charge in [0.2, 0.25) is 0 Å². The van der Waals surface area contributed by atoms with Crippen LogP contribution in [0, 0.1) is 0 Å². The van der Waals surface area contributed by atoms with E-state index in [1.54, 1.807) is 23.3 Å². The van der Waals surface area contributed by atoms with Gasteiger partial charge in [0.25, 0.3) is 0 Å². The number of carbonyl (C=O) groups excluding carboxylic acids is 1. The largest absolute Gasteiger partial charge is 0.328 e. The fraction of sp³-hybridized carbons (Fsp3) is 0.300. The van der Waals surface area contributed by atoms with Crippen LogP contribution in [0.25, 0.3) is 11.5 Å². The number of aldehydes is 1. The molecule has 5 nitrogen and oxygen atoms in total. The van der Waals surface area contributed by atoms with Crippen molar-refractivity contribution >= 4 is 6.29 Å². The van der Waals surface area contributed by atoms with E-state index < -0.39 is 0 Å². The van der Waals surface area contributed by atoms with Gasteiger partial charge < -0.3 is 9.13 Å². The topological polar surface area (TPSA) is 52.7 Å². The monoisotopic (exact) mass is 204 g/mol. The minimum absolute atomic E-state index is 0.564.